The molecule has 40 heteroatoms. The number of esters is 7. The van der Waals surface area contributed by atoms with Gasteiger partial charge in [0.05, 0.1) is 46.3 Å². The van der Waals surface area contributed by atoms with Crippen LogP contribution >= 0.6 is 66.4 Å². The van der Waals surface area contributed by atoms with Crippen LogP contribution in [0, 0.1) is 35.5 Å². The lowest BCUT2D eigenvalue weighted by Gasteiger charge is -2.56. The van der Waals surface area contributed by atoms with Crippen molar-refractivity contribution >= 4 is 144 Å². The Balaban J connectivity index is 0.000000838. The molecule has 14 atom stereocenters. The number of likely N-dealkylation sites (tertiary alicyclic amines) is 2. The van der Waals surface area contributed by atoms with Crippen molar-refractivity contribution in [2.24, 2.45) is 41.2 Å². The molecule has 2 aromatic rings. The molecule has 4 aliphatic carbocycles. The average Bonchev–Trinajstić information content (AvgIpc) is 1.51. The molecule has 9 aliphatic rings. The molecule has 2 aromatic carbocycles. The Morgan fingerprint density at radius 3 is 1.11 bits per heavy atom. The number of piperidine rings is 2. The first-order valence-electron chi connectivity index (χ1n) is 40.7. The third-order valence-electron chi connectivity index (χ3n) is 21.8. The van der Waals surface area contributed by atoms with E-state index in [0.717, 1.165) is 50.3 Å². The highest BCUT2D eigenvalue weighted by Gasteiger charge is 2.67. The summed E-state index contributed by atoms with van der Waals surface area (Å²) in [6.07, 6.45) is 4.57. The molecule has 3 amide bonds. The number of hydrogen-bond donors (Lipinski definition) is 7. The Hall–Kier alpha value is -8.21. The molecule has 0 aromatic heterocycles. The average molecular weight is 1890 g/mol. The second-order valence-electron chi connectivity index (χ2n) is 35.8. The summed E-state index contributed by atoms with van der Waals surface area (Å²) in [6, 6.07) is 5.82. The van der Waals surface area contributed by atoms with Crippen LogP contribution in [0.2, 0.25) is 0 Å². The summed E-state index contributed by atoms with van der Waals surface area (Å²) in [7, 11) is 7.62. The second-order valence-corrected chi connectivity index (χ2v) is 35.8. The van der Waals surface area contributed by atoms with Crippen LogP contribution in [0.3, 0.4) is 0 Å². The van der Waals surface area contributed by atoms with Crippen LogP contribution in [0.4, 0.5) is 13.2 Å². The predicted octanol–water partition coefficient (Wildman–Crippen LogP) is 9.37. The summed E-state index contributed by atoms with van der Waals surface area (Å²) < 4.78 is 87.9. The van der Waals surface area contributed by atoms with Gasteiger partial charge in [-0.15, -0.1) is 12.4 Å². The first-order chi connectivity index (χ1) is 56.0. The van der Waals surface area contributed by atoms with E-state index < -0.39 is 131 Å². The standard InChI is InChI=1S/C31H42N2O7.C27H34N2O7.C13H23NO5.C9H19NO2.C4H4O3.C2HF3O2.ClH.4H2S/c1-17(2)26(29(36)40-30(3,4)5)32-23(34)12-13-24(35)38-22-11-9-19-20-16-18-8-10-21(37-7)27-25(18)31(19,28(22)39-27)14-15-33(20)6;1-14(2)23(26(32)33)28-20(30)9-10-21(31)35-19-8-6-16-17-13-15-5-7-18(34-4)24-22(15)27(16,25(19)36-24)11-12-29(17)3;1-8(2)11(12(18)19-13(3,4)5)14-9(15)6-7-10(16)17;1-6(2)7(10)8(11)12-9(3,4)5;5-3-1-2-4(6)7-3;3-2(4,5)1(6)7;;;;;/h8-11,17,19-20,22,26,28H,12-16H2,1-7H3,(H,32,34);5-8,14,16-17,19,23,25H,9-13H2,1-4H3,(H,28,30)(H,32,33);8,11H,6-7H2,1-5H3,(H,14,15)(H,16,17);6-7H,10H2,1-5H3;1-2H2;(H,6,7);1H;4*1H2/t19?,20-,22+,26+,28+,31+;16?,17-,19+,23+,25+,27+;11-;7-;;;;;;;/m1100......./s1. The number of nitrogens with zero attached hydrogens (tertiary/aromatic N) is 2. The van der Waals surface area contributed by atoms with E-state index in [2.05, 4.69) is 68.9 Å². The van der Waals surface area contributed by atoms with E-state index in [1.807, 2.05) is 72.8 Å². The number of carboxylic acids is 3. The first kappa shape index (κ1) is 116. The third kappa shape index (κ3) is 30.2. The Morgan fingerprint density at radius 2 is 0.833 bits per heavy atom. The Bertz CT molecular complexity index is 4200. The number of benzene rings is 2. The lowest BCUT2D eigenvalue weighted by atomic mass is 9.53. The molecule has 4 bridgehead atoms. The number of carbonyl (C=O) groups excluding carboxylic acids is 10. The number of nitrogens with two attached hydrogens (primary N) is 1. The molecule has 5 heterocycles. The normalized spacial score (nSPS) is 22.9. The number of amides is 3. The summed E-state index contributed by atoms with van der Waals surface area (Å²) in [5.41, 5.74) is 8.21. The van der Waals surface area contributed by atoms with Crippen molar-refractivity contribution in [1.82, 2.24) is 25.8 Å². The van der Waals surface area contributed by atoms with Crippen molar-refractivity contribution in [3.63, 3.8) is 0 Å². The van der Waals surface area contributed by atoms with Gasteiger partial charge >= 0.3 is 65.9 Å². The van der Waals surface area contributed by atoms with Crippen LogP contribution in [0.5, 0.6) is 23.0 Å². The van der Waals surface area contributed by atoms with Gasteiger partial charge in [-0.3, -0.25) is 43.2 Å². The predicted molar refractivity (Wildman–Crippen MR) is 479 cm³/mol. The Kier molecular flexibility index (Phi) is 44.5. The number of rotatable bonds is 24. The smallest absolute Gasteiger partial charge is 0.490 e. The van der Waals surface area contributed by atoms with Gasteiger partial charge in [0.25, 0.3) is 0 Å². The van der Waals surface area contributed by atoms with Gasteiger partial charge < -0.3 is 94.2 Å². The number of alkyl halides is 3. The molecule has 32 nitrogen and oxygen atoms in total. The number of halogens is 4. The van der Waals surface area contributed by atoms with E-state index in [4.69, 9.17) is 63.4 Å². The molecule has 8 N–H and O–H groups in total. The van der Waals surface area contributed by atoms with E-state index >= 15 is 0 Å². The minimum absolute atomic E-state index is 0. The zero-order valence-electron chi connectivity index (χ0n) is 75.5. The molecular weight excluding hydrogens is 1750 g/mol. The fraction of sp³-hybridized carbons (Fsp3) is 0.663. The van der Waals surface area contributed by atoms with Crippen molar-refractivity contribution in [3.8, 4) is 23.0 Å². The molecule has 126 heavy (non-hydrogen) atoms. The number of carbonyl (C=O) groups is 13. The lowest BCUT2D eigenvalue weighted by molar-refractivity contribution is -0.192. The summed E-state index contributed by atoms with van der Waals surface area (Å²) in [5, 5.41) is 32.6. The van der Waals surface area contributed by atoms with Gasteiger partial charge in [-0.1, -0.05) is 79.7 Å². The maximum absolute atomic E-state index is 13.0. The molecule has 0 saturated carbocycles. The Labute approximate surface area is 769 Å². The van der Waals surface area contributed by atoms with E-state index in [1.165, 1.54) is 22.3 Å². The van der Waals surface area contributed by atoms with Crippen LogP contribution in [-0.4, -0.2) is 228 Å². The number of likely N-dealkylation sites (N-methyl/N-ethyl adjacent to an activating group) is 2. The molecule has 2 unspecified atom stereocenters. The number of nitrogens with one attached hydrogen (secondary N) is 3. The fourth-order valence-electron chi connectivity index (χ4n) is 16.1. The highest BCUT2D eigenvalue weighted by atomic mass is 35.5. The largest absolute Gasteiger partial charge is 0.493 e. The van der Waals surface area contributed by atoms with Gasteiger partial charge in [0.15, 0.2) is 35.2 Å². The second kappa shape index (κ2) is 48.4. The highest BCUT2D eigenvalue weighted by Crippen LogP contribution is 2.64. The zero-order chi connectivity index (χ0) is 91.3. The SMILES string of the molecule is CC(C)[C@H](N)C(=O)OC(C)(C)C.CC(C)[C@H](NC(=O)CCC(=O)O)C(=O)OC(C)(C)C.COc1ccc2c3c1O[C@H]1[C@@H](OC(=O)CCC(=O)N[C@H](C(=O)O)C(C)C)C=CC4[C@@H](C2)N(C)CC[C@@]341.COc1ccc2c3c1O[C@H]1[C@@H](OC(=O)CCC(=O)N[C@H](C(=O)OC(C)(C)C)C(C)C)C=CC4[C@@H](C2)N(C)CC[C@@]341.Cl.O=C(O)C(F)(F)F.O=C1CCC(=O)O1.S.S.S.S. The molecule has 11 rings (SSSR count). The highest BCUT2D eigenvalue weighted by molar-refractivity contribution is 7.59. The molecule has 714 valence electrons. The van der Waals surface area contributed by atoms with Gasteiger partial charge in [0, 0.05) is 65.1 Å². The van der Waals surface area contributed by atoms with Crippen LogP contribution in [-0.2, 0) is 114 Å². The van der Waals surface area contributed by atoms with Gasteiger partial charge in [0.1, 0.15) is 53.2 Å². The number of carboxylic acid groups (broad SMARTS) is 3. The van der Waals surface area contributed by atoms with Gasteiger partial charge in [-0.05, 0) is 174 Å². The molecule has 3 fully saturated rings. The summed E-state index contributed by atoms with van der Waals surface area (Å²) in [4.78, 5) is 154. The van der Waals surface area contributed by atoms with Crippen molar-refractivity contribution in [3.05, 3.63) is 70.8 Å². The minimum atomic E-state index is -5.08. The quantitative estimate of drug-likeness (QED) is 0.0222. The monoisotopic (exact) mass is 1880 g/mol. The van der Waals surface area contributed by atoms with Crippen LogP contribution < -0.4 is 40.6 Å². The van der Waals surface area contributed by atoms with Crippen molar-refractivity contribution in [2.75, 3.05) is 41.4 Å². The molecule has 3 saturated heterocycles. The van der Waals surface area contributed by atoms with Crippen molar-refractivity contribution < 1.29 is 138 Å². The zero-order valence-corrected chi connectivity index (χ0v) is 80.3. The van der Waals surface area contributed by atoms with E-state index in [0.29, 0.717) is 23.6 Å². The lowest BCUT2D eigenvalue weighted by Crippen LogP contribution is -2.65. The number of methoxy groups -OCH3 is 2. The van der Waals surface area contributed by atoms with E-state index in [1.54, 1.807) is 83.5 Å². The van der Waals surface area contributed by atoms with Gasteiger partial charge in [0.2, 0.25) is 17.7 Å². The van der Waals surface area contributed by atoms with E-state index in [9.17, 15) is 75.8 Å². The topological polar surface area (TPSA) is 443 Å². The molecule has 2 spiro atoms. The van der Waals surface area contributed by atoms with E-state index in [-0.39, 0.29) is 182 Å². The van der Waals surface area contributed by atoms with Crippen LogP contribution in [0.15, 0.2) is 48.6 Å². The summed E-state index contributed by atoms with van der Waals surface area (Å²) in [5.74, 6) is -6.41. The van der Waals surface area contributed by atoms with Crippen molar-refractivity contribution in [2.45, 2.75) is 289 Å². The number of cyclic esters (lactones) is 2. The summed E-state index contributed by atoms with van der Waals surface area (Å²) >= 11 is 0. The number of hydrogen-bond acceptors (Lipinski definition) is 26. The van der Waals surface area contributed by atoms with Gasteiger partial charge in [-0.2, -0.15) is 67.2 Å². The fourth-order valence-corrected chi connectivity index (χ4v) is 16.1. The minimum Gasteiger partial charge on any atom is -0.493 e. The maximum Gasteiger partial charge on any atom is 0.490 e. The third-order valence-corrected chi connectivity index (χ3v) is 21.8. The Morgan fingerprint density at radius 1 is 0.508 bits per heavy atom. The molecule has 5 aliphatic heterocycles. The molecule has 0 radical (unpaired) electrons. The maximum atomic E-state index is 13.0. The van der Waals surface area contributed by atoms with Crippen LogP contribution in [0.25, 0.3) is 0 Å². The van der Waals surface area contributed by atoms with Crippen molar-refractivity contribution in [1.29, 1.82) is 0 Å². The first-order valence-corrected chi connectivity index (χ1v) is 40.7. The number of ether oxygens (including phenoxy) is 10. The van der Waals surface area contributed by atoms with Gasteiger partial charge in [-0.25, -0.2) is 19.2 Å². The summed E-state index contributed by atoms with van der Waals surface area (Å²) in [6.45, 7) is 32.4. The molecular formula is C86H132ClF3N6O26S4. The number of aliphatic carboxylic acids is 3. The van der Waals surface area contributed by atoms with Crippen LogP contribution in [0.1, 0.15) is 204 Å².